The summed E-state index contributed by atoms with van der Waals surface area (Å²) in [7, 11) is 0. The molecule has 1 atom stereocenters. The minimum Gasteiger partial charge on any atom is -0.334 e. The molecule has 1 aromatic heterocycles. The molecule has 23 heavy (non-hydrogen) atoms. The Morgan fingerprint density at radius 3 is 2.96 bits per heavy atom. The zero-order valence-electron chi connectivity index (χ0n) is 14.4. The Bertz CT molecular complexity index is 497. The number of amides is 2. The fourth-order valence-corrected chi connectivity index (χ4v) is 2.95. The van der Waals surface area contributed by atoms with Crippen molar-refractivity contribution in [3.8, 4) is 0 Å². The summed E-state index contributed by atoms with van der Waals surface area (Å²) in [6, 6.07) is 0.0494. The van der Waals surface area contributed by atoms with Gasteiger partial charge in [0.1, 0.15) is 12.7 Å². The molecule has 0 fully saturated rings. The van der Waals surface area contributed by atoms with E-state index in [1.54, 1.807) is 11.0 Å². The molecule has 0 saturated carbocycles. The standard InChI is InChI=1S/C17H29N5O/c1-3-10-21(11-9-16-7-5-4-6-8-16)17(23)20-15(2)12-22-14-18-13-19-22/h7,13-15H,3-6,8-12H2,1-2H3,(H,20,23)/t15-/m1/s1. The molecule has 2 amide bonds. The van der Waals surface area contributed by atoms with Crippen LogP contribution in [0.3, 0.4) is 0 Å². The molecule has 0 spiro atoms. The van der Waals surface area contributed by atoms with Crippen molar-refractivity contribution in [2.24, 2.45) is 0 Å². The number of allylic oxidation sites excluding steroid dienone is 1. The van der Waals surface area contributed by atoms with Gasteiger partial charge in [0.05, 0.1) is 6.54 Å². The lowest BCUT2D eigenvalue weighted by Crippen LogP contribution is -2.46. The summed E-state index contributed by atoms with van der Waals surface area (Å²) in [5.41, 5.74) is 1.51. The molecule has 2 rings (SSSR count). The number of carbonyl (C=O) groups excluding carboxylic acids is 1. The van der Waals surface area contributed by atoms with Gasteiger partial charge in [0.15, 0.2) is 0 Å². The van der Waals surface area contributed by atoms with E-state index in [4.69, 9.17) is 0 Å². The van der Waals surface area contributed by atoms with Crippen molar-refractivity contribution in [1.29, 1.82) is 0 Å². The van der Waals surface area contributed by atoms with Gasteiger partial charge in [0.2, 0.25) is 0 Å². The third kappa shape index (κ3) is 6.04. The van der Waals surface area contributed by atoms with Gasteiger partial charge in [-0.05, 0) is 45.4 Å². The molecule has 1 aromatic rings. The van der Waals surface area contributed by atoms with E-state index in [2.05, 4.69) is 28.4 Å². The molecule has 1 N–H and O–H groups in total. The maximum atomic E-state index is 12.5. The quantitative estimate of drug-likeness (QED) is 0.749. The van der Waals surface area contributed by atoms with Gasteiger partial charge < -0.3 is 10.2 Å². The number of urea groups is 1. The minimum atomic E-state index is 0.0240. The van der Waals surface area contributed by atoms with E-state index in [9.17, 15) is 4.79 Å². The summed E-state index contributed by atoms with van der Waals surface area (Å²) < 4.78 is 1.74. The normalized spacial score (nSPS) is 15.8. The highest BCUT2D eigenvalue weighted by atomic mass is 16.2. The van der Waals surface area contributed by atoms with Crippen LogP contribution < -0.4 is 5.32 Å². The molecule has 6 nitrogen and oxygen atoms in total. The third-order valence-electron chi connectivity index (χ3n) is 4.17. The van der Waals surface area contributed by atoms with E-state index < -0.39 is 0 Å². The van der Waals surface area contributed by atoms with Crippen LogP contribution >= 0.6 is 0 Å². The third-order valence-corrected chi connectivity index (χ3v) is 4.17. The number of rotatable bonds is 8. The molecular formula is C17H29N5O. The zero-order valence-corrected chi connectivity index (χ0v) is 14.4. The van der Waals surface area contributed by atoms with Crippen LogP contribution in [0, 0.1) is 0 Å². The fourth-order valence-electron chi connectivity index (χ4n) is 2.95. The van der Waals surface area contributed by atoms with E-state index >= 15 is 0 Å². The number of nitrogens with zero attached hydrogens (tertiary/aromatic N) is 4. The average molecular weight is 319 g/mol. The first-order valence-electron chi connectivity index (χ1n) is 8.74. The van der Waals surface area contributed by atoms with E-state index in [0.29, 0.717) is 6.54 Å². The van der Waals surface area contributed by atoms with Crippen LogP contribution in [-0.2, 0) is 6.54 Å². The molecule has 6 heteroatoms. The molecule has 0 aliphatic heterocycles. The largest absolute Gasteiger partial charge is 0.334 e. The second-order valence-electron chi connectivity index (χ2n) is 6.31. The predicted molar refractivity (Wildman–Crippen MR) is 91.0 cm³/mol. The monoisotopic (exact) mass is 319 g/mol. The van der Waals surface area contributed by atoms with Gasteiger partial charge in [-0.2, -0.15) is 5.10 Å². The van der Waals surface area contributed by atoms with Gasteiger partial charge in [0, 0.05) is 19.1 Å². The Kier molecular flexibility index (Phi) is 7.10. The SMILES string of the molecule is CCCN(CCC1=CCCCC1)C(=O)N[C@H](C)Cn1cncn1. The summed E-state index contributed by atoms with van der Waals surface area (Å²) in [5.74, 6) is 0. The molecule has 128 valence electrons. The lowest BCUT2D eigenvalue weighted by Gasteiger charge is -2.26. The van der Waals surface area contributed by atoms with Gasteiger partial charge in [-0.1, -0.05) is 18.6 Å². The van der Waals surface area contributed by atoms with Gasteiger partial charge in [-0.25, -0.2) is 9.78 Å². The predicted octanol–water partition coefficient (Wildman–Crippen LogP) is 2.98. The highest BCUT2D eigenvalue weighted by molar-refractivity contribution is 5.74. The average Bonchev–Trinajstić information content (AvgIpc) is 3.05. The Hall–Kier alpha value is -1.85. The Morgan fingerprint density at radius 2 is 2.30 bits per heavy atom. The highest BCUT2D eigenvalue weighted by Gasteiger charge is 2.16. The molecule has 0 radical (unpaired) electrons. The second kappa shape index (κ2) is 9.33. The molecule has 0 saturated heterocycles. The Morgan fingerprint density at radius 1 is 1.43 bits per heavy atom. The van der Waals surface area contributed by atoms with Crippen LogP contribution in [0.5, 0.6) is 0 Å². The summed E-state index contributed by atoms with van der Waals surface area (Å²) in [6.45, 7) is 6.35. The van der Waals surface area contributed by atoms with Gasteiger partial charge in [-0.15, -0.1) is 0 Å². The van der Waals surface area contributed by atoms with Crippen LogP contribution in [0.1, 0.15) is 52.4 Å². The molecule has 1 aliphatic rings. The Balaban J connectivity index is 1.80. The van der Waals surface area contributed by atoms with Crippen LogP contribution in [-0.4, -0.2) is 44.8 Å². The number of aromatic nitrogens is 3. The number of nitrogens with one attached hydrogen (secondary N) is 1. The smallest absolute Gasteiger partial charge is 0.317 e. The molecule has 0 unspecified atom stereocenters. The number of hydrogen-bond donors (Lipinski definition) is 1. The lowest BCUT2D eigenvalue weighted by molar-refractivity contribution is 0.193. The summed E-state index contributed by atoms with van der Waals surface area (Å²) in [5, 5.41) is 7.15. The first kappa shape index (κ1) is 17.5. The first-order valence-corrected chi connectivity index (χ1v) is 8.74. The van der Waals surface area contributed by atoms with E-state index in [-0.39, 0.29) is 12.1 Å². The fraction of sp³-hybridized carbons (Fsp3) is 0.706. The van der Waals surface area contributed by atoms with Crippen molar-refractivity contribution in [2.45, 2.75) is 65.0 Å². The van der Waals surface area contributed by atoms with Crippen molar-refractivity contribution in [1.82, 2.24) is 25.0 Å². The molecule has 1 aliphatic carbocycles. The van der Waals surface area contributed by atoms with Gasteiger partial charge in [-0.3, -0.25) is 4.68 Å². The molecular weight excluding hydrogens is 290 g/mol. The topological polar surface area (TPSA) is 63.1 Å². The van der Waals surface area contributed by atoms with Gasteiger partial charge >= 0.3 is 6.03 Å². The Labute approximate surface area is 139 Å². The second-order valence-corrected chi connectivity index (χ2v) is 6.31. The number of hydrogen-bond acceptors (Lipinski definition) is 3. The molecule has 0 aromatic carbocycles. The lowest BCUT2D eigenvalue weighted by atomic mass is 9.97. The summed E-state index contributed by atoms with van der Waals surface area (Å²) in [6.07, 6.45) is 12.5. The maximum Gasteiger partial charge on any atom is 0.317 e. The van der Waals surface area contributed by atoms with Crippen LogP contribution in [0.15, 0.2) is 24.3 Å². The maximum absolute atomic E-state index is 12.5. The van der Waals surface area contributed by atoms with Crippen molar-refractivity contribution >= 4 is 6.03 Å². The van der Waals surface area contributed by atoms with Crippen LogP contribution in [0.4, 0.5) is 4.79 Å². The summed E-state index contributed by atoms with van der Waals surface area (Å²) in [4.78, 5) is 18.4. The highest BCUT2D eigenvalue weighted by Crippen LogP contribution is 2.20. The van der Waals surface area contributed by atoms with Crippen molar-refractivity contribution in [2.75, 3.05) is 13.1 Å². The first-order chi connectivity index (χ1) is 11.2. The van der Waals surface area contributed by atoms with Crippen LogP contribution in [0.2, 0.25) is 0 Å². The zero-order chi connectivity index (χ0) is 16.5. The van der Waals surface area contributed by atoms with E-state index in [1.807, 2.05) is 11.8 Å². The number of carbonyl (C=O) groups is 1. The van der Waals surface area contributed by atoms with E-state index in [1.165, 1.54) is 37.6 Å². The molecule has 1 heterocycles. The minimum absolute atomic E-state index is 0.0240. The van der Waals surface area contributed by atoms with Crippen LogP contribution in [0.25, 0.3) is 0 Å². The van der Waals surface area contributed by atoms with Crippen molar-refractivity contribution < 1.29 is 4.79 Å². The van der Waals surface area contributed by atoms with Crippen molar-refractivity contribution in [3.63, 3.8) is 0 Å². The molecule has 0 bridgehead atoms. The van der Waals surface area contributed by atoms with E-state index in [0.717, 1.165) is 25.9 Å². The summed E-state index contributed by atoms with van der Waals surface area (Å²) >= 11 is 0. The van der Waals surface area contributed by atoms with Gasteiger partial charge in [0.25, 0.3) is 0 Å². The van der Waals surface area contributed by atoms with Crippen molar-refractivity contribution in [3.05, 3.63) is 24.3 Å².